The van der Waals surface area contributed by atoms with Crippen LogP contribution in [-0.2, 0) is 0 Å². The van der Waals surface area contributed by atoms with Gasteiger partial charge < -0.3 is 15.1 Å². The molecular weight excluding hydrogens is 418 g/mol. The van der Waals surface area contributed by atoms with E-state index in [1.165, 1.54) is 0 Å². The largest absolute Gasteiger partial charge is 0.351 e. The molecule has 2 heterocycles. The van der Waals surface area contributed by atoms with Gasteiger partial charge in [-0.2, -0.15) is 0 Å². The van der Waals surface area contributed by atoms with Crippen LogP contribution in [0.15, 0.2) is 46.9 Å². The van der Waals surface area contributed by atoms with Crippen LogP contribution in [0.2, 0.25) is 0 Å². The highest BCUT2D eigenvalue weighted by Gasteiger charge is 2.37. The van der Waals surface area contributed by atoms with Crippen LogP contribution in [0.5, 0.6) is 0 Å². The normalized spacial score (nSPS) is 18.9. The average Bonchev–Trinajstić information content (AvgIpc) is 2.94. The van der Waals surface area contributed by atoms with Crippen molar-refractivity contribution in [1.82, 2.24) is 4.90 Å². The lowest BCUT2D eigenvalue weighted by molar-refractivity contribution is 0.0656. The zero-order valence-electron chi connectivity index (χ0n) is 16.0. The molecule has 0 spiro atoms. The molecule has 0 aromatic heterocycles. The van der Waals surface area contributed by atoms with Crippen molar-refractivity contribution in [3.8, 4) is 0 Å². The number of hydrogen-bond acceptors (Lipinski definition) is 3. The van der Waals surface area contributed by atoms with Gasteiger partial charge in [0.1, 0.15) is 6.17 Å². The molecular formula is C22H24BrN3O2. The van der Waals surface area contributed by atoms with Crippen LogP contribution >= 0.6 is 15.9 Å². The molecule has 0 bridgehead atoms. The van der Waals surface area contributed by atoms with Crippen molar-refractivity contribution in [2.75, 3.05) is 23.3 Å². The highest BCUT2D eigenvalue weighted by Crippen LogP contribution is 2.35. The third-order valence-corrected chi connectivity index (χ3v) is 6.06. The Morgan fingerprint density at radius 1 is 1.18 bits per heavy atom. The Bertz CT molecular complexity index is 914. The van der Waals surface area contributed by atoms with Gasteiger partial charge in [-0.05, 0) is 62.6 Å². The maximum Gasteiger partial charge on any atom is 0.257 e. The van der Waals surface area contributed by atoms with Gasteiger partial charge in [-0.1, -0.05) is 28.4 Å². The van der Waals surface area contributed by atoms with E-state index in [2.05, 4.69) is 33.1 Å². The van der Waals surface area contributed by atoms with Gasteiger partial charge >= 0.3 is 0 Å². The summed E-state index contributed by atoms with van der Waals surface area (Å²) < 4.78 is 0.909. The second kappa shape index (κ2) is 7.95. The van der Waals surface area contributed by atoms with Crippen molar-refractivity contribution >= 4 is 39.1 Å². The Balaban J connectivity index is 1.66. The third kappa shape index (κ3) is 3.53. The fourth-order valence-corrected chi connectivity index (χ4v) is 4.61. The number of benzene rings is 2. The van der Waals surface area contributed by atoms with Gasteiger partial charge in [0.25, 0.3) is 11.8 Å². The van der Waals surface area contributed by atoms with E-state index in [1.54, 1.807) is 12.1 Å². The smallest absolute Gasteiger partial charge is 0.257 e. The van der Waals surface area contributed by atoms with E-state index >= 15 is 0 Å². The average molecular weight is 442 g/mol. The lowest BCUT2D eigenvalue weighted by atomic mass is 10.0. The third-order valence-electron chi connectivity index (χ3n) is 5.56. The molecule has 28 heavy (non-hydrogen) atoms. The van der Waals surface area contributed by atoms with Crippen LogP contribution < -0.4 is 10.2 Å². The van der Waals surface area contributed by atoms with E-state index < -0.39 is 0 Å². The van der Waals surface area contributed by atoms with Gasteiger partial charge in [-0.25, -0.2) is 0 Å². The lowest BCUT2D eigenvalue weighted by Crippen LogP contribution is -2.55. The first-order valence-corrected chi connectivity index (χ1v) is 10.7. The van der Waals surface area contributed by atoms with Crippen LogP contribution in [0.25, 0.3) is 0 Å². The number of nitrogens with one attached hydrogen (secondary N) is 1. The van der Waals surface area contributed by atoms with Crippen LogP contribution in [0, 0.1) is 0 Å². The Labute approximate surface area is 173 Å². The van der Waals surface area contributed by atoms with Crippen molar-refractivity contribution in [3.05, 3.63) is 58.1 Å². The minimum atomic E-state index is -0.173. The Morgan fingerprint density at radius 3 is 2.82 bits per heavy atom. The summed E-state index contributed by atoms with van der Waals surface area (Å²) in [5, 5.41) is 2.93. The molecule has 1 N–H and O–H groups in total. The molecule has 0 aliphatic carbocycles. The standard InChI is InChI=1S/C22H24BrN3O2/c1-2-25-19-13-15(21(27)24-17-8-6-7-16(23)14-17)10-11-18(19)22(28)26-12-5-3-4-9-20(25)26/h6-8,10-11,13-14,20H,2-5,9,12H2,1H3,(H,24,27). The zero-order valence-corrected chi connectivity index (χ0v) is 17.5. The second-order valence-corrected chi connectivity index (χ2v) is 8.23. The van der Waals surface area contributed by atoms with Crippen LogP contribution in [-0.4, -0.2) is 36.0 Å². The number of halogens is 1. The highest BCUT2D eigenvalue weighted by molar-refractivity contribution is 9.10. The monoisotopic (exact) mass is 441 g/mol. The van der Waals surface area contributed by atoms with Gasteiger partial charge in [0.05, 0.1) is 11.3 Å². The number of carbonyl (C=O) groups is 2. The molecule has 1 atom stereocenters. The van der Waals surface area contributed by atoms with Crippen molar-refractivity contribution < 1.29 is 9.59 Å². The first kappa shape index (κ1) is 19.0. The number of hydrogen-bond donors (Lipinski definition) is 1. The maximum absolute atomic E-state index is 13.1. The molecule has 2 aliphatic rings. The van der Waals surface area contributed by atoms with Gasteiger partial charge in [-0.3, -0.25) is 9.59 Å². The summed E-state index contributed by atoms with van der Waals surface area (Å²) in [6, 6.07) is 12.9. The van der Waals surface area contributed by atoms with Crippen molar-refractivity contribution in [2.24, 2.45) is 0 Å². The molecule has 1 fully saturated rings. The zero-order chi connectivity index (χ0) is 19.7. The highest BCUT2D eigenvalue weighted by atomic mass is 79.9. The molecule has 2 amide bonds. The molecule has 146 valence electrons. The number of amides is 2. The molecule has 6 heteroatoms. The number of rotatable bonds is 3. The van der Waals surface area contributed by atoms with Gasteiger partial charge in [-0.15, -0.1) is 0 Å². The summed E-state index contributed by atoms with van der Waals surface area (Å²) in [5.41, 5.74) is 2.86. The molecule has 1 saturated heterocycles. The number of nitrogens with zero attached hydrogens (tertiary/aromatic N) is 2. The Kier molecular flexibility index (Phi) is 5.40. The molecule has 2 aliphatic heterocycles. The number of anilines is 2. The van der Waals surface area contributed by atoms with E-state index in [1.807, 2.05) is 35.2 Å². The Morgan fingerprint density at radius 2 is 2.04 bits per heavy atom. The molecule has 5 nitrogen and oxygen atoms in total. The molecule has 1 unspecified atom stereocenters. The summed E-state index contributed by atoms with van der Waals surface area (Å²) in [6.07, 6.45) is 4.42. The lowest BCUT2D eigenvalue weighted by Gasteiger charge is -2.44. The molecule has 0 saturated carbocycles. The minimum absolute atomic E-state index is 0.0885. The summed E-state index contributed by atoms with van der Waals surface area (Å²) in [7, 11) is 0. The van der Waals surface area contributed by atoms with Gasteiger partial charge in [0, 0.05) is 28.8 Å². The fraction of sp³-hybridized carbons (Fsp3) is 0.364. The summed E-state index contributed by atoms with van der Waals surface area (Å²) in [4.78, 5) is 30.1. The van der Waals surface area contributed by atoms with E-state index in [4.69, 9.17) is 0 Å². The van der Waals surface area contributed by atoms with Gasteiger partial charge in [0.15, 0.2) is 0 Å². The maximum atomic E-state index is 13.1. The predicted octanol–water partition coefficient (Wildman–Crippen LogP) is 4.88. The first-order chi connectivity index (χ1) is 13.6. The molecule has 2 aromatic carbocycles. The summed E-state index contributed by atoms with van der Waals surface area (Å²) in [6.45, 7) is 3.72. The second-order valence-electron chi connectivity index (χ2n) is 7.31. The van der Waals surface area contributed by atoms with Crippen molar-refractivity contribution in [3.63, 3.8) is 0 Å². The predicted molar refractivity (Wildman–Crippen MR) is 115 cm³/mol. The van der Waals surface area contributed by atoms with Gasteiger partial charge in [0.2, 0.25) is 0 Å². The molecule has 2 aromatic rings. The summed E-state index contributed by atoms with van der Waals surface area (Å²) >= 11 is 3.42. The van der Waals surface area contributed by atoms with E-state index in [0.29, 0.717) is 11.1 Å². The van der Waals surface area contributed by atoms with Crippen LogP contribution in [0.1, 0.15) is 53.3 Å². The fourth-order valence-electron chi connectivity index (χ4n) is 4.21. The molecule has 0 radical (unpaired) electrons. The van der Waals surface area contributed by atoms with E-state index in [9.17, 15) is 9.59 Å². The van der Waals surface area contributed by atoms with E-state index in [0.717, 1.165) is 54.6 Å². The van der Waals surface area contributed by atoms with Crippen LogP contribution in [0.4, 0.5) is 11.4 Å². The van der Waals surface area contributed by atoms with Crippen molar-refractivity contribution in [2.45, 2.75) is 38.8 Å². The van der Waals surface area contributed by atoms with Crippen molar-refractivity contribution in [1.29, 1.82) is 0 Å². The minimum Gasteiger partial charge on any atom is -0.351 e. The first-order valence-electron chi connectivity index (χ1n) is 9.87. The number of fused-ring (bicyclic) bond motifs is 2. The van der Waals surface area contributed by atoms with E-state index in [-0.39, 0.29) is 18.0 Å². The Hall–Kier alpha value is -2.34. The topological polar surface area (TPSA) is 52.7 Å². The SMILES string of the molecule is CCN1c2cc(C(=O)Nc3cccc(Br)c3)ccc2C(=O)N2CCCCCC21. The van der Waals surface area contributed by atoms with Crippen LogP contribution in [0.3, 0.4) is 0 Å². The quantitative estimate of drug-likeness (QED) is 0.737. The number of carbonyl (C=O) groups excluding carboxylic acids is 2. The summed E-state index contributed by atoms with van der Waals surface area (Å²) in [5.74, 6) is -0.0850. The molecule has 4 rings (SSSR count).